The Labute approximate surface area is 85.4 Å². The van der Waals surface area contributed by atoms with Crippen LogP contribution in [0.4, 0.5) is 0 Å². The minimum Gasteiger partial charge on any atom is -0.475 e. The van der Waals surface area contributed by atoms with Crippen molar-refractivity contribution in [3.8, 4) is 0 Å². The first-order valence-electron chi connectivity index (χ1n) is 4.83. The monoisotopic (exact) mass is 203 g/mol. The van der Waals surface area contributed by atoms with Crippen molar-refractivity contribution < 1.29 is 9.90 Å². The molecule has 76 valence electrons. The summed E-state index contributed by atoms with van der Waals surface area (Å²) in [6.45, 7) is 0. The predicted octanol–water partition coefficient (Wildman–Crippen LogP) is 1.46. The molecular weight excluding hydrogens is 194 g/mol. The summed E-state index contributed by atoms with van der Waals surface area (Å²) in [5, 5.41) is 9.03. The SMILES string of the molecule is O=C(O)c1nc2ncccc2n1C1CC1. The zero-order chi connectivity index (χ0) is 10.4. The van der Waals surface area contributed by atoms with Crippen molar-refractivity contribution in [3.63, 3.8) is 0 Å². The molecule has 1 aliphatic rings. The third kappa shape index (κ3) is 1.20. The van der Waals surface area contributed by atoms with Gasteiger partial charge in [-0.3, -0.25) is 0 Å². The Morgan fingerprint density at radius 1 is 1.53 bits per heavy atom. The highest BCUT2D eigenvalue weighted by Crippen LogP contribution is 2.38. The number of carboxylic acids is 1. The molecule has 5 nitrogen and oxygen atoms in total. The predicted molar refractivity (Wildman–Crippen MR) is 52.8 cm³/mol. The van der Waals surface area contributed by atoms with Crippen LogP contribution in [0.3, 0.4) is 0 Å². The minimum atomic E-state index is -0.986. The van der Waals surface area contributed by atoms with Gasteiger partial charge in [0.25, 0.3) is 0 Å². The van der Waals surface area contributed by atoms with E-state index < -0.39 is 5.97 Å². The van der Waals surface area contributed by atoms with E-state index in [2.05, 4.69) is 9.97 Å². The lowest BCUT2D eigenvalue weighted by molar-refractivity contribution is 0.0678. The van der Waals surface area contributed by atoms with Crippen LogP contribution in [0.25, 0.3) is 11.2 Å². The topological polar surface area (TPSA) is 68.0 Å². The second kappa shape index (κ2) is 2.79. The summed E-state index contributed by atoms with van der Waals surface area (Å²) in [7, 11) is 0. The number of imidazole rings is 1. The maximum Gasteiger partial charge on any atom is 0.372 e. The van der Waals surface area contributed by atoms with Gasteiger partial charge < -0.3 is 9.67 Å². The average Bonchev–Trinajstić information content (AvgIpc) is 2.98. The number of rotatable bonds is 2. The first-order chi connectivity index (χ1) is 7.27. The van der Waals surface area contributed by atoms with Gasteiger partial charge in [0, 0.05) is 12.2 Å². The molecule has 0 aliphatic heterocycles. The fraction of sp³-hybridized carbons (Fsp3) is 0.300. The van der Waals surface area contributed by atoms with Gasteiger partial charge in [-0.05, 0) is 25.0 Å². The second-order valence-electron chi connectivity index (χ2n) is 3.69. The Balaban J connectivity index is 2.33. The van der Waals surface area contributed by atoms with Gasteiger partial charge in [0.1, 0.15) is 0 Å². The first kappa shape index (κ1) is 8.40. The molecule has 5 heteroatoms. The van der Waals surface area contributed by atoms with E-state index in [4.69, 9.17) is 5.11 Å². The van der Waals surface area contributed by atoms with E-state index in [9.17, 15) is 4.79 Å². The van der Waals surface area contributed by atoms with Gasteiger partial charge in [-0.15, -0.1) is 0 Å². The van der Waals surface area contributed by atoms with E-state index in [1.54, 1.807) is 16.8 Å². The zero-order valence-electron chi connectivity index (χ0n) is 7.92. The molecule has 0 unspecified atom stereocenters. The number of fused-ring (bicyclic) bond motifs is 1. The van der Waals surface area contributed by atoms with Crippen LogP contribution in [0.2, 0.25) is 0 Å². The molecule has 2 aromatic rings. The molecule has 15 heavy (non-hydrogen) atoms. The Kier molecular flexibility index (Phi) is 1.56. The fourth-order valence-corrected chi connectivity index (χ4v) is 1.78. The van der Waals surface area contributed by atoms with E-state index in [1.807, 2.05) is 6.07 Å². The normalized spacial score (nSPS) is 15.7. The molecule has 0 radical (unpaired) electrons. The van der Waals surface area contributed by atoms with Crippen LogP contribution in [-0.4, -0.2) is 25.6 Å². The van der Waals surface area contributed by atoms with Crippen LogP contribution in [0, 0.1) is 0 Å². The van der Waals surface area contributed by atoms with Crippen molar-refractivity contribution in [2.45, 2.75) is 18.9 Å². The maximum atomic E-state index is 11.0. The number of hydrogen-bond acceptors (Lipinski definition) is 3. The molecule has 1 aliphatic carbocycles. The van der Waals surface area contributed by atoms with Gasteiger partial charge in [-0.2, -0.15) is 0 Å². The number of hydrogen-bond donors (Lipinski definition) is 1. The second-order valence-corrected chi connectivity index (χ2v) is 3.69. The molecule has 1 N–H and O–H groups in total. The summed E-state index contributed by atoms with van der Waals surface area (Å²) < 4.78 is 1.78. The molecule has 0 spiro atoms. The van der Waals surface area contributed by atoms with Crippen molar-refractivity contribution in [2.75, 3.05) is 0 Å². The lowest BCUT2D eigenvalue weighted by Crippen LogP contribution is -2.08. The van der Waals surface area contributed by atoms with E-state index in [-0.39, 0.29) is 5.82 Å². The Morgan fingerprint density at radius 3 is 3.00 bits per heavy atom. The maximum absolute atomic E-state index is 11.0. The lowest BCUT2D eigenvalue weighted by Gasteiger charge is -2.02. The van der Waals surface area contributed by atoms with Gasteiger partial charge in [-0.25, -0.2) is 14.8 Å². The third-order valence-electron chi connectivity index (χ3n) is 2.57. The highest BCUT2D eigenvalue weighted by atomic mass is 16.4. The fourth-order valence-electron chi connectivity index (χ4n) is 1.78. The molecule has 1 fully saturated rings. The van der Waals surface area contributed by atoms with Crippen molar-refractivity contribution in [1.29, 1.82) is 0 Å². The van der Waals surface area contributed by atoms with Crippen LogP contribution < -0.4 is 0 Å². The van der Waals surface area contributed by atoms with Crippen LogP contribution in [0.1, 0.15) is 29.5 Å². The zero-order valence-corrected chi connectivity index (χ0v) is 7.92. The number of aromatic carboxylic acids is 1. The Hall–Kier alpha value is -1.91. The molecule has 3 rings (SSSR count). The molecule has 1 saturated carbocycles. The molecule has 0 saturated heterocycles. The van der Waals surface area contributed by atoms with Crippen molar-refractivity contribution in [1.82, 2.24) is 14.5 Å². The molecule has 2 heterocycles. The van der Waals surface area contributed by atoms with E-state index in [0.29, 0.717) is 11.7 Å². The Bertz CT molecular complexity index is 543. The summed E-state index contributed by atoms with van der Waals surface area (Å²) in [4.78, 5) is 19.1. The quantitative estimate of drug-likeness (QED) is 0.802. The highest BCUT2D eigenvalue weighted by Gasteiger charge is 2.30. The number of aromatic nitrogens is 3. The number of nitrogens with zero attached hydrogens (tertiary/aromatic N) is 3. The van der Waals surface area contributed by atoms with E-state index >= 15 is 0 Å². The summed E-state index contributed by atoms with van der Waals surface area (Å²) in [6, 6.07) is 3.96. The molecule has 2 aromatic heterocycles. The molecule has 0 atom stereocenters. The molecule has 0 aromatic carbocycles. The number of carboxylic acid groups (broad SMARTS) is 1. The lowest BCUT2D eigenvalue weighted by atomic mass is 10.4. The third-order valence-corrected chi connectivity index (χ3v) is 2.57. The van der Waals surface area contributed by atoms with E-state index in [0.717, 1.165) is 18.4 Å². The van der Waals surface area contributed by atoms with Crippen molar-refractivity contribution in [3.05, 3.63) is 24.2 Å². The first-order valence-corrected chi connectivity index (χ1v) is 4.83. The molecule has 0 bridgehead atoms. The van der Waals surface area contributed by atoms with Crippen molar-refractivity contribution >= 4 is 17.1 Å². The van der Waals surface area contributed by atoms with Crippen molar-refractivity contribution in [2.24, 2.45) is 0 Å². The van der Waals surface area contributed by atoms with Gasteiger partial charge in [0.05, 0.1) is 5.52 Å². The molecule has 0 amide bonds. The van der Waals surface area contributed by atoms with Gasteiger partial charge in [-0.1, -0.05) is 0 Å². The number of pyridine rings is 1. The van der Waals surface area contributed by atoms with Gasteiger partial charge >= 0.3 is 5.97 Å². The smallest absolute Gasteiger partial charge is 0.372 e. The van der Waals surface area contributed by atoms with Crippen LogP contribution in [-0.2, 0) is 0 Å². The largest absolute Gasteiger partial charge is 0.475 e. The summed E-state index contributed by atoms with van der Waals surface area (Å²) >= 11 is 0. The highest BCUT2D eigenvalue weighted by molar-refractivity contribution is 5.88. The van der Waals surface area contributed by atoms with Crippen LogP contribution in [0.15, 0.2) is 18.3 Å². The summed E-state index contributed by atoms with van der Waals surface area (Å²) in [5.74, 6) is -0.883. The average molecular weight is 203 g/mol. The summed E-state index contributed by atoms with van der Waals surface area (Å²) in [5.41, 5.74) is 1.33. The number of carbonyl (C=O) groups is 1. The van der Waals surface area contributed by atoms with E-state index in [1.165, 1.54) is 0 Å². The van der Waals surface area contributed by atoms with Gasteiger partial charge in [0.2, 0.25) is 5.82 Å². The molecular formula is C10H9N3O2. The van der Waals surface area contributed by atoms with Crippen LogP contribution in [0.5, 0.6) is 0 Å². The summed E-state index contributed by atoms with van der Waals surface area (Å²) in [6.07, 6.45) is 3.68. The Morgan fingerprint density at radius 2 is 2.33 bits per heavy atom. The standard InChI is InChI=1S/C10H9N3O2/c14-10(15)9-12-8-7(2-1-5-11-8)13(9)6-3-4-6/h1-2,5-6H,3-4H2,(H,14,15). The minimum absolute atomic E-state index is 0.103. The van der Waals surface area contributed by atoms with Gasteiger partial charge in [0.15, 0.2) is 5.65 Å². The van der Waals surface area contributed by atoms with Crippen LogP contribution >= 0.6 is 0 Å².